The maximum absolute atomic E-state index is 12.6. The fourth-order valence-corrected chi connectivity index (χ4v) is 3.67. The summed E-state index contributed by atoms with van der Waals surface area (Å²) in [6.07, 6.45) is 1.02. The van der Waals surface area contributed by atoms with Crippen LogP contribution >= 0.6 is 12.2 Å². The van der Waals surface area contributed by atoms with Gasteiger partial charge in [-0.1, -0.05) is 38.1 Å². The highest BCUT2D eigenvalue weighted by Gasteiger charge is 2.15. The van der Waals surface area contributed by atoms with Gasteiger partial charge in [0, 0.05) is 25.5 Å². The van der Waals surface area contributed by atoms with Gasteiger partial charge >= 0.3 is 0 Å². The van der Waals surface area contributed by atoms with Crippen molar-refractivity contribution in [3.05, 3.63) is 83.9 Å². The number of anilines is 2. The van der Waals surface area contributed by atoms with Crippen LogP contribution < -0.4 is 21.1 Å². The lowest BCUT2D eigenvalue weighted by Gasteiger charge is -2.16. The average molecular weight is 503 g/mol. The molecule has 36 heavy (non-hydrogen) atoms. The van der Waals surface area contributed by atoms with E-state index in [1.54, 1.807) is 0 Å². The van der Waals surface area contributed by atoms with Gasteiger partial charge in [-0.05, 0) is 91.1 Å². The molecular formula is C28H34N6OS. The number of nitrogens with one attached hydrogen (secondary N) is 3. The molecular weight excluding hydrogens is 468 g/mol. The third-order valence-electron chi connectivity index (χ3n) is 5.59. The van der Waals surface area contributed by atoms with Crippen LogP contribution in [-0.2, 0) is 11.2 Å². The number of nitrogens with zero attached hydrogens (tertiary/aromatic N) is 3. The van der Waals surface area contributed by atoms with Gasteiger partial charge < -0.3 is 10.2 Å². The van der Waals surface area contributed by atoms with E-state index in [0.29, 0.717) is 5.92 Å². The molecule has 0 aliphatic rings. The summed E-state index contributed by atoms with van der Waals surface area (Å²) in [6, 6.07) is 23.4. The van der Waals surface area contributed by atoms with Gasteiger partial charge in [-0.3, -0.25) is 15.6 Å². The van der Waals surface area contributed by atoms with E-state index in [9.17, 15) is 4.79 Å². The van der Waals surface area contributed by atoms with Crippen molar-refractivity contribution < 1.29 is 4.79 Å². The molecule has 3 rings (SSSR count). The van der Waals surface area contributed by atoms with E-state index < -0.39 is 0 Å². The zero-order chi connectivity index (χ0) is 26.1. The summed E-state index contributed by atoms with van der Waals surface area (Å²) in [5.41, 5.74) is 11.1. The molecule has 8 heteroatoms. The first-order chi connectivity index (χ1) is 17.2. The van der Waals surface area contributed by atoms with Crippen LogP contribution in [-0.4, -0.2) is 25.1 Å². The molecule has 0 aliphatic heterocycles. The Bertz CT molecular complexity index is 1170. The number of hydrazine groups is 1. The molecule has 0 fully saturated rings. The van der Waals surface area contributed by atoms with Crippen LogP contribution in [0.2, 0.25) is 0 Å². The van der Waals surface area contributed by atoms with E-state index in [4.69, 9.17) is 12.2 Å². The molecule has 0 aromatic heterocycles. The van der Waals surface area contributed by atoms with Crippen LogP contribution in [0, 0.1) is 5.92 Å². The van der Waals surface area contributed by atoms with Crippen molar-refractivity contribution >= 4 is 46.0 Å². The molecule has 0 aliphatic carbocycles. The molecule has 7 nitrogen and oxygen atoms in total. The minimum atomic E-state index is -0.308. The van der Waals surface area contributed by atoms with Gasteiger partial charge in [-0.2, -0.15) is 10.2 Å². The summed E-state index contributed by atoms with van der Waals surface area (Å²) < 4.78 is 0. The van der Waals surface area contributed by atoms with Crippen molar-refractivity contribution in [3.8, 4) is 0 Å². The van der Waals surface area contributed by atoms with Crippen LogP contribution in [0.4, 0.5) is 22.7 Å². The number of carbonyl (C=O) groups is 1. The molecule has 0 saturated carbocycles. The maximum Gasteiger partial charge on any atom is 0.245 e. The van der Waals surface area contributed by atoms with E-state index in [2.05, 4.69) is 52.4 Å². The molecule has 0 saturated heterocycles. The second kappa shape index (κ2) is 12.8. The quantitative estimate of drug-likeness (QED) is 0.186. The van der Waals surface area contributed by atoms with Gasteiger partial charge in [0.1, 0.15) is 0 Å². The first-order valence-electron chi connectivity index (χ1n) is 12.0. The zero-order valence-electron chi connectivity index (χ0n) is 21.4. The second-order valence-electron chi connectivity index (χ2n) is 9.29. The Morgan fingerprint density at radius 1 is 0.833 bits per heavy atom. The van der Waals surface area contributed by atoms with Crippen LogP contribution in [0.5, 0.6) is 0 Å². The van der Waals surface area contributed by atoms with Crippen molar-refractivity contribution in [2.75, 3.05) is 24.3 Å². The van der Waals surface area contributed by atoms with Gasteiger partial charge in [0.2, 0.25) is 5.91 Å². The summed E-state index contributed by atoms with van der Waals surface area (Å²) >= 11 is 5.31. The Balaban J connectivity index is 1.46. The predicted molar refractivity (Wildman–Crippen MR) is 152 cm³/mol. The first-order valence-corrected chi connectivity index (χ1v) is 12.4. The smallest absolute Gasteiger partial charge is 0.245 e. The van der Waals surface area contributed by atoms with E-state index in [1.807, 2.05) is 86.6 Å². The summed E-state index contributed by atoms with van der Waals surface area (Å²) in [4.78, 5) is 14.6. The largest absolute Gasteiger partial charge is 0.378 e. The number of rotatable bonds is 8. The van der Waals surface area contributed by atoms with E-state index in [0.717, 1.165) is 34.7 Å². The highest BCUT2D eigenvalue weighted by Crippen LogP contribution is 2.22. The van der Waals surface area contributed by atoms with E-state index >= 15 is 0 Å². The van der Waals surface area contributed by atoms with Crippen molar-refractivity contribution in [3.63, 3.8) is 0 Å². The Hall–Kier alpha value is -3.78. The Morgan fingerprint density at radius 2 is 1.39 bits per heavy atom. The van der Waals surface area contributed by atoms with Crippen molar-refractivity contribution in [2.24, 2.45) is 16.1 Å². The number of hydrogen-bond donors (Lipinski definition) is 3. The Morgan fingerprint density at radius 3 is 1.92 bits per heavy atom. The highest BCUT2D eigenvalue weighted by molar-refractivity contribution is 7.80. The van der Waals surface area contributed by atoms with Gasteiger partial charge in [0.05, 0.1) is 17.3 Å². The first kappa shape index (κ1) is 26.8. The van der Waals surface area contributed by atoms with Gasteiger partial charge in [-0.15, -0.1) is 0 Å². The van der Waals surface area contributed by atoms with Gasteiger partial charge in [-0.25, -0.2) is 0 Å². The lowest BCUT2D eigenvalue weighted by molar-refractivity contribution is -0.122. The number of azo groups is 1. The van der Waals surface area contributed by atoms with Crippen LogP contribution in [0.1, 0.15) is 37.8 Å². The molecule has 3 aromatic carbocycles. The molecule has 3 aromatic rings. The molecule has 1 atom stereocenters. The molecule has 188 valence electrons. The highest BCUT2D eigenvalue weighted by atomic mass is 32.1. The third-order valence-corrected chi connectivity index (χ3v) is 5.79. The third kappa shape index (κ3) is 8.16. The molecule has 0 radical (unpaired) electrons. The lowest BCUT2D eigenvalue weighted by Crippen LogP contribution is -2.45. The van der Waals surface area contributed by atoms with Crippen molar-refractivity contribution in [1.29, 1.82) is 0 Å². The van der Waals surface area contributed by atoms with Crippen LogP contribution in [0.15, 0.2) is 83.0 Å². The minimum Gasteiger partial charge on any atom is -0.378 e. The molecule has 3 N–H and O–H groups in total. The minimum absolute atomic E-state index is 0.162. The second-order valence-corrected chi connectivity index (χ2v) is 9.70. The standard InChI is InChI=1S/C28H34N6OS/c1-19(2)18-21-6-8-22(9-7-21)20(3)27(35)32-33-28(36)29-23-10-12-24(13-11-23)30-31-25-14-16-26(17-15-25)34(4)5/h6-17,19-20H,18H2,1-5H3,(H,32,35)(H2,29,33,36). The number of benzene rings is 3. The predicted octanol–water partition coefficient (Wildman–Crippen LogP) is 6.49. The van der Waals surface area contributed by atoms with E-state index in [-0.39, 0.29) is 16.9 Å². The molecule has 0 bridgehead atoms. The molecule has 0 spiro atoms. The number of hydrogen-bond acceptors (Lipinski definition) is 5. The zero-order valence-corrected chi connectivity index (χ0v) is 22.3. The molecule has 1 amide bonds. The Labute approximate surface area is 219 Å². The summed E-state index contributed by atoms with van der Waals surface area (Å²) in [5, 5.41) is 11.9. The van der Waals surface area contributed by atoms with Crippen LogP contribution in [0.3, 0.4) is 0 Å². The SMILES string of the molecule is CC(C)Cc1ccc(C(C)C(=O)NNC(=S)Nc2ccc(N=Nc3ccc(N(C)C)cc3)cc2)cc1. The average Bonchev–Trinajstić information content (AvgIpc) is 2.87. The maximum atomic E-state index is 12.6. The van der Waals surface area contributed by atoms with Crippen molar-refractivity contribution in [2.45, 2.75) is 33.1 Å². The summed E-state index contributed by atoms with van der Waals surface area (Å²) in [5.74, 6) is 0.128. The lowest BCUT2D eigenvalue weighted by atomic mass is 9.96. The fourth-order valence-electron chi connectivity index (χ4n) is 3.50. The van der Waals surface area contributed by atoms with E-state index in [1.165, 1.54) is 5.56 Å². The summed E-state index contributed by atoms with van der Waals surface area (Å²) in [6.45, 7) is 6.26. The number of thiocarbonyl (C=S) groups is 1. The monoisotopic (exact) mass is 502 g/mol. The number of amides is 1. The van der Waals surface area contributed by atoms with Gasteiger partial charge in [0.15, 0.2) is 5.11 Å². The van der Waals surface area contributed by atoms with Crippen LogP contribution in [0.25, 0.3) is 0 Å². The van der Waals surface area contributed by atoms with Crippen molar-refractivity contribution in [1.82, 2.24) is 10.9 Å². The van der Waals surface area contributed by atoms with Gasteiger partial charge in [0.25, 0.3) is 0 Å². The number of carbonyl (C=O) groups excluding carboxylic acids is 1. The molecule has 0 heterocycles. The fraction of sp³-hybridized carbons (Fsp3) is 0.286. The topological polar surface area (TPSA) is 81.1 Å². The summed E-state index contributed by atoms with van der Waals surface area (Å²) in [7, 11) is 3.99. The normalized spacial score (nSPS) is 11.8. The molecule has 1 unspecified atom stereocenters. The Kier molecular flexibility index (Phi) is 9.53.